The molecule has 0 saturated heterocycles. The van der Waals surface area contributed by atoms with Crippen molar-refractivity contribution in [2.45, 2.75) is 20.3 Å². The van der Waals surface area contributed by atoms with Gasteiger partial charge in [0.1, 0.15) is 5.75 Å². The van der Waals surface area contributed by atoms with E-state index in [0.29, 0.717) is 12.3 Å². The third-order valence-corrected chi connectivity index (χ3v) is 3.92. The van der Waals surface area contributed by atoms with Gasteiger partial charge in [-0.05, 0) is 43.2 Å². The minimum absolute atomic E-state index is 0.639. The monoisotopic (exact) mass is 334 g/mol. The van der Waals surface area contributed by atoms with Crippen molar-refractivity contribution >= 4 is 33.0 Å². The molecule has 0 aromatic heterocycles. The minimum atomic E-state index is 0.639. The van der Waals surface area contributed by atoms with E-state index in [0.717, 1.165) is 33.6 Å². The van der Waals surface area contributed by atoms with Gasteiger partial charge >= 0.3 is 0 Å². The molecule has 2 aromatic rings. The van der Waals surface area contributed by atoms with E-state index in [4.69, 9.17) is 10.5 Å². The van der Waals surface area contributed by atoms with Crippen LogP contribution in [0.1, 0.15) is 18.9 Å². The van der Waals surface area contributed by atoms with Crippen LogP contribution >= 0.6 is 15.9 Å². The van der Waals surface area contributed by atoms with Crippen molar-refractivity contribution in [1.29, 1.82) is 0 Å². The summed E-state index contributed by atoms with van der Waals surface area (Å²) in [5.41, 5.74) is 9.83. The molecule has 0 atom stereocenters. The number of rotatable bonds is 5. The lowest BCUT2D eigenvalue weighted by Gasteiger charge is -2.15. The summed E-state index contributed by atoms with van der Waals surface area (Å²) >= 11 is 3.53. The van der Waals surface area contributed by atoms with Crippen LogP contribution < -0.4 is 15.8 Å². The number of nitrogen functional groups attached to an aromatic ring is 1. The van der Waals surface area contributed by atoms with Gasteiger partial charge in [0.25, 0.3) is 0 Å². The Hall–Kier alpha value is -1.68. The van der Waals surface area contributed by atoms with Crippen LogP contribution in [0.5, 0.6) is 5.75 Å². The van der Waals surface area contributed by atoms with Gasteiger partial charge in [-0.2, -0.15) is 0 Å². The van der Waals surface area contributed by atoms with Crippen molar-refractivity contribution < 1.29 is 4.74 Å². The lowest BCUT2D eigenvalue weighted by molar-refractivity contribution is 0.319. The van der Waals surface area contributed by atoms with Crippen molar-refractivity contribution in [3.8, 4) is 5.75 Å². The van der Waals surface area contributed by atoms with E-state index >= 15 is 0 Å². The maximum absolute atomic E-state index is 6.16. The number of para-hydroxylation sites is 1. The summed E-state index contributed by atoms with van der Waals surface area (Å²) in [4.78, 5) is 0. The van der Waals surface area contributed by atoms with Crippen LogP contribution in [-0.2, 0) is 0 Å². The average molecular weight is 335 g/mol. The third-order valence-electron chi connectivity index (χ3n) is 3.06. The maximum atomic E-state index is 6.16. The summed E-state index contributed by atoms with van der Waals surface area (Å²) in [5, 5.41) is 3.36. The molecule has 0 fully saturated rings. The first-order chi connectivity index (χ1) is 9.63. The number of hydrogen-bond acceptors (Lipinski definition) is 3. The van der Waals surface area contributed by atoms with Gasteiger partial charge < -0.3 is 15.8 Å². The topological polar surface area (TPSA) is 47.3 Å². The molecular formula is C16H19BrN2O. The molecule has 106 valence electrons. The van der Waals surface area contributed by atoms with E-state index < -0.39 is 0 Å². The van der Waals surface area contributed by atoms with Gasteiger partial charge in [0.05, 0.1) is 18.0 Å². The number of nitrogens with one attached hydrogen (secondary N) is 1. The Morgan fingerprint density at radius 3 is 2.60 bits per heavy atom. The standard InChI is InChI=1S/C16H19BrN2O/c1-3-10-20-15-9-5-8-14(16(15)18)19-13-7-4-6-12(17)11(13)2/h4-9,19H,3,10,18H2,1-2H3. The Balaban J connectivity index is 2.27. The summed E-state index contributed by atoms with van der Waals surface area (Å²) in [7, 11) is 0. The van der Waals surface area contributed by atoms with Crippen molar-refractivity contribution in [2.24, 2.45) is 0 Å². The van der Waals surface area contributed by atoms with Gasteiger partial charge in [-0.1, -0.05) is 35.0 Å². The van der Waals surface area contributed by atoms with Gasteiger partial charge in [-0.3, -0.25) is 0 Å². The molecule has 0 heterocycles. The predicted molar refractivity (Wildman–Crippen MR) is 88.8 cm³/mol. The van der Waals surface area contributed by atoms with Crippen LogP contribution in [-0.4, -0.2) is 6.61 Å². The smallest absolute Gasteiger partial charge is 0.144 e. The molecule has 0 bridgehead atoms. The molecule has 0 amide bonds. The molecule has 0 radical (unpaired) electrons. The quantitative estimate of drug-likeness (QED) is 0.766. The molecular weight excluding hydrogens is 316 g/mol. The van der Waals surface area contributed by atoms with E-state index in [1.54, 1.807) is 0 Å². The van der Waals surface area contributed by atoms with E-state index in [1.165, 1.54) is 0 Å². The second kappa shape index (κ2) is 6.66. The summed E-state index contributed by atoms with van der Waals surface area (Å²) in [6.45, 7) is 4.80. The Morgan fingerprint density at radius 2 is 1.85 bits per heavy atom. The molecule has 2 aromatic carbocycles. The Labute approximate surface area is 128 Å². The highest BCUT2D eigenvalue weighted by molar-refractivity contribution is 9.10. The molecule has 3 nitrogen and oxygen atoms in total. The van der Waals surface area contributed by atoms with Crippen molar-refractivity contribution in [2.75, 3.05) is 17.7 Å². The highest BCUT2D eigenvalue weighted by Crippen LogP contribution is 2.33. The average Bonchev–Trinajstić information content (AvgIpc) is 2.44. The summed E-state index contributed by atoms with van der Waals surface area (Å²) in [6, 6.07) is 11.8. The fourth-order valence-corrected chi connectivity index (χ4v) is 2.25. The predicted octanol–water partition coefficient (Wildman–Crippen LogP) is 4.87. The Bertz CT molecular complexity index is 599. The van der Waals surface area contributed by atoms with Crippen LogP contribution in [0.15, 0.2) is 40.9 Å². The lowest BCUT2D eigenvalue weighted by atomic mass is 10.2. The fourth-order valence-electron chi connectivity index (χ4n) is 1.88. The van der Waals surface area contributed by atoms with Crippen molar-refractivity contribution in [3.05, 3.63) is 46.4 Å². The summed E-state index contributed by atoms with van der Waals surface area (Å²) in [6.07, 6.45) is 0.960. The van der Waals surface area contributed by atoms with Gasteiger partial charge in [0.2, 0.25) is 0 Å². The highest BCUT2D eigenvalue weighted by atomic mass is 79.9. The molecule has 3 N–H and O–H groups in total. The first-order valence-electron chi connectivity index (χ1n) is 6.67. The largest absolute Gasteiger partial charge is 0.491 e. The molecule has 20 heavy (non-hydrogen) atoms. The summed E-state index contributed by atoms with van der Waals surface area (Å²) < 4.78 is 6.71. The number of anilines is 3. The van der Waals surface area contributed by atoms with Gasteiger partial charge in [-0.25, -0.2) is 0 Å². The Kier molecular flexibility index (Phi) is 4.90. The highest BCUT2D eigenvalue weighted by Gasteiger charge is 2.08. The zero-order valence-corrected chi connectivity index (χ0v) is 13.3. The molecule has 0 aliphatic rings. The number of ether oxygens (including phenoxy) is 1. The lowest BCUT2D eigenvalue weighted by Crippen LogP contribution is -2.02. The van der Waals surface area contributed by atoms with E-state index in [1.807, 2.05) is 36.4 Å². The van der Waals surface area contributed by atoms with E-state index in [2.05, 4.69) is 35.1 Å². The zero-order chi connectivity index (χ0) is 14.5. The second-order valence-electron chi connectivity index (χ2n) is 4.60. The molecule has 0 spiro atoms. The van der Waals surface area contributed by atoms with E-state index in [9.17, 15) is 0 Å². The fraction of sp³-hybridized carbons (Fsp3) is 0.250. The molecule has 4 heteroatoms. The Morgan fingerprint density at radius 1 is 1.15 bits per heavy atom. The number of nitrogens with two attached hydrogens (primary N) is 1. The van der Waals surface area contributed by atoms with Crippen molar-refractivity contribution in [1.82, 2.24) is 0 Å². The first kappa shape index (κ1) is 14.7. The SMILES string of the molecule is CCCOc1cccc(Nc2cccc(Br)c2C)c1N. The molecule has 2 rings (SSSR count). The third kappa shape index (κ3) is 3.25. The molecule has 0 unspecified atom stereocenters. The van der Waals surface area contributed by atoms with Gasteiger partial charge in [0.15, 0.2) is 0 Å². The first-order valence-corrected chi connectivity index (χ1v) is 7.46. The second-order valence-corrected chi connectivity index (χ2v) is 5.46. The van der Waals surface area contributed by atoms with Crippen LogP contribution in [0.3, 0.4) is 0 Å². The van der Waals surface area contributed by atoms with Gasteiger partial charge in [0, 0.05) is 10.2 Å². The van der Waals surface area contributed by atoms with Crippen LogP contribution in [0.25, 0.3) is 0 Å². The number of halogens is 1. The van der Waals surface area contributed by atoms with Crippen molar-refractivity contribution in [3.63, 3.8) is 0 Å². The minimum Gasteiger partial charge on any atom is -0.491 e. The van der Waals surface area contributed by atoms with Gasteiger partial charge in [-0.15, -0.1) is 0 Å². The van der Waals surface area contributed by atoms with Crippen LogP contribution in [0.2, 0.25) is 0 Å². The number of benzene rings is 2. The number of hydrogen-bond donors (Lipinski definition) is 2. The summed E-state index contributed by atoms with van der Waals surface area (Å²) in [5.74, 6) is 0.726. The molecule has 0 saturated carbocycles. The zero-order valence-electron chi connectivity index (χ0n) is 11.7. The van der Waals surface area contributed by atoms with Crippen LogP contribution in [0, 0.1) is 6.92 Å². The van der Waals surface area contributed by atoms with E-state index in [-0.39, 0.29) is 0 Å². The normalized spacial score (nSPS) is 10.3. The molecule has 0 aliphatic heterocycles. The van der Waals surface area contributed by atoms with Crippen LogP contribution in [0.4, 0.5) is 17.1 Å². The molecule has 0 aliphatic carbocycles. The maximum Gasteiger partial charge on any atom is 0.144 e.